The van der Waals surface area contributed by atoms with Crippen LogP contribution in [0.3, 0.4) is 0 Å². The second-order valence-corrected chi connectivity index (χ2v) is 6.91. The van der Waals surface area contributed by atoms with Gasteiger partial charge in [-0.3, -0.25) is 9.69 Å². The molecule has 1 saturated carbocycles. The first kappa shape index (κ1) is 20.6. The van der Waals surface area contributed by atoms with Gasteiger partial charge in [-0.15, -0.1) is 36.2 Å². The van der Waals surface area contributed by atoms with E-state index in [2.05, 4.69) is 15.3 Å². The van der Waals surface area contributed by atoms with E-state index in [-0.39, 0.29) is 30.9 Å². The van der Waals surface area contributed by atoms with Gasteiger partial charge in [0.05, 0.1) is 11.2 Å². The number of thiazole rings is 1. The van der Waals surface area contributed by atoms with Gasteiger partial charge in [0.1, 0.15) is 0 Å². The summed E-state index contributed by atoms with van der Waals surface area (Å²) in [5, 5.41) is 2.10. The van der Waals surface area contributed by atoms with Crippen molar-refractivity contribution in [3.63, 3.8) is 0 Å². The van der Waals surface area contributed by atoms with Crippen LogP contribution in [0.1, 0.15) is 31.4 Å². The number of carbonyl (C=O) groups excluding carboxylic acids is 1. The summed E-state index contributed by atoms with van der Waals surface area (Å²) in [6, 6.07) is 0.236. The van der Waals surface area contributed by atoms with Crippen molar-refractivity contribution in [1.29, 1.82) is 0 Å². The molecule has 1 amide bonds. The number of piperazine rings is 1. The number of halogens is 2. The summed E-state index contributed by atoms with van der Waals surface area (Å²) < 4.78 is 0. The first-order valence-corrected chi connectivity index (χ1v) is 8.79. The molecule has 0 radical (unpaired) electrons. The van der Waals surface area contributed by atoms with Gasteiger partial charge in [0, 0.05) is 50.6 Å². The van der Waals surface area contributed by atoms with E-state index in [0.717, 1.165) is 51.3 Å². The zero-order valence-electron chi connectivity index (χ0n) is 13.2. The monoisotopic (exact) mass is 380 g/mol. The van der Waals surface area contributed by atoms with Gasteiger partial charge >= 0.3 is 0 Å². The quantitative estimate of drug-likeness (QED) is 0.868. The molecule has 1 saturated heterocycles. The molecule has 2 N–H and O–H groups in total. The van der Waals surface area contributed by atoms with Crippen LogP contribution in [0.15, 0.2) is 10.9 Å². The Morgan fingerprint density at radius 1 is 1.26 bits per heavy atom. The maximum absolute atomic E-state index is 12.4. The lowest BCUT2D eigenvalue weighted by molar-refractivity contribution is -0.134. The summed E-state index contributed by atoms with van der Waals surface area (Å²) in [6.45, 7) is 4.47. The summed E-state index contributed by atoms with van der Waals surface area (Å²) in [7, 11) is 0. The number of nitrogens with zero attached hydrogens (tertiary/aromatic N) is 3. The molecule has 0 aromatic carbocycles. The van der Waals surface area contributed by atoms with Crippen molar-refractivity contribution in [3.05, 3.63) is 16.6 Å². The van der Waals surface area contributed by atoms with E-state index in [0.29, 0.717) is 18.2 Å². The third kappa shape index (κ3) is 5.57. The average Bonchev–Trinajstić information content (AvgIpc) is 3.12. The Balaban J connectivity index is 0.00000132. The van der Waals surface area contributed by atoms with Gasteiger partial charge in [0.2, 0.25) is 5.91 Å². The number of nitrogens with two attached hydrogens (primary N) is 1. The number of carbonyl (C=O) groups is 1. The highest BCUT2D eigenvalue weighted by Crippen LogP contribution is 2.27. The molecule has 2 heterocycles. The molecule has 0 unspecified atom stereocenters. The van der Waals surface area contributed by atoms with E-state index in [1.165, 1.54) is 6.42 Å². The van der Waals surface area contributed by atoms with Crippen LogP contribution in [0.5, 0.6) is 0 Å². The summed E-state index contributed by atoms with van der Waals surface area (Å²) in [6.07, 6.45) is 4.03. The highest BCUT2D eigenvalue weighted by Gasteiger charge is 2.29. The molecule has 1 aromatic rings. The third-order valence-corrected chi connectivity index (χ3v) is 5.38. The van der Waals surface area contributed by atoms with Gasteiger partial charge in [-0.1, -0.05) is 6.42 Å². The molecule has 0 spiro atoms. The number of hydrogen-bond acceptors (Lipinski definition) is 5. The van der Waals surface area contributed by atoms with E-state index in [9.17, 15) is 4.79 Å². The first-order chi connectivity index (χ1) is 10.2. The first-order valence-electron chi connectivity index (χ1n) is 7.85. The molecular weight excluding hydrogens is 355 g/mol. The fourth-order valence-electron chi connectivity index (χ4n) is 3.37. The van der Waals surface area contributed by atoms with E-state index in [1.54, 1.807) is 11.3 Å². The predicted octanol–water partition coefficient (Wildman–Crippen LogP) is 2.15. The molecule has 3 rings (SSSR count). The summed E-state index contributed by atoms with van der Waals surface area (Å²) in [4.78, 5) is 21.1. The second kappa shape index (κ2) is 9.79. The zero-order valence-corrected chi connectivity index (χ0v) is 15.7. The molecule has 132 valence electrons. The lowest BCUT2D eigenvalue weighted by Gasteiger charge is -2.35. The van der Waals surface area contributed by atoms with E-state index in [1.807, 2.05) is 10.4 Å². The molecule has 5 nitrogen and oxygen atoms in total. The van der Waals surface area contributed by atoms with E-state index in [4.69, 9.17) is 5.73 Å². The topological polar surface area (TPSA) is 62.5 Å². The molecular formula is C15H26Cl2N4OS. The summed E-state index contributed by atoms with van der Waals surface area (Å²) >= 11 is 1.64. The van der Waals surface area contributed by atoms with Crippen molar-refractivity contribution < 1.29 is 4.79 Å². The van der Waals surface area contributed by atoms with Crippen molar-refractivity contribution in [1.82, 2.24) is 14.8 Å². The summed E-state index contributed by atoms with van der Waals surface area (Å²) in [5.74, 6) is 0.705. The van der Waals surface area contributed by atoms with Gasteiger partial charge in [-0.25, -0.2) is 4.98 Å². The maximum atomic E-state index is 12.4. The minimum atomic E-state index is 0. The molecule has 2 atom stereocenters. The van der Waals surface area contributed by atoms with Crippen molar-refractivity contribution in [2.45, 2.75) is 38.3 Å². The molecule has 8 heteroatoms. The number of hydrogen-bond donors (Lipinski definition) is 1. The van der Waals surface area contributed by atoms with Crippen molar-refractivity contribution in [2.24, 2.45) is 11.7 Å². The van der Waals surface area contributed by atoms with Crippen LogP contribution in [0.2, 0.25) is 0 Å². The molecule has 1 aromatic heterocycles. The summed E-state index contributed by atoms with van der Waals surface area (Å²) in [5.41, 5.74) is 9.08. The van der Waals surface area contributed by atoms with Crippen LogP contribution in [-0.2, 0) is 11.3 Å². The SMILES string of the molecule is Cl.Cl.N[C@@H]1CCC[C@H]1CC(=O)N1CCN(Cc2cscn2)CC1. The standard InChI is InChI=1S/C15H24N4OS.2ClH/c16-14-3-1-2-12(14)8-15(20)19-6-4-18(5-7-19)9-13-10-21-11-17-13;;/h10-12,14H,1-9,16H2;2*1H/t12-,14+;;/m0../s1. The van der Waals surface area contributed by atoms with Crippen LogP contribution in [0.4, 0.5) is 0 Å². The molecule has 2 fully saturated rings. The van der Waals surface area contributed by atoms with Gasteiger partial charge in [-0.2, -0.15) is 0 Å². The number of amides is 1. The fourth-order valence-corrected chi connectivity index (χ4v) is 3.92. The highest BCUT2D eigenvalue weighted by molar-refractivity contribution is 7.07. The molecule has 1 aliphatic heterocycles. The fraction of sp³-hybridized carbons (Fsp3) is 0.733. The highest BCUT2D eigenvalue weighted by atomic mass is 35.5. The average molecular weight is 381 g/mol. The number of rotatable bonds is 4. The van der Waals surface area contributed by atoms with E-state index < -0.39 is 0 Å². The van der Waals surface area contributed by atoms with Crippen LogP contribution in [-0.4, -0.2) is 52.9 Å². The smallest absolute Gasteiger partial charge is 0.222 e. The molecule has 0 bridgehead atoms. The van der Waals surface area contributed by atoms with Crippen molar-refractivity contribution in [2.75, 3.05) is 26.2 Å². The molecule has 23 heavy (non-hydrogen) atoms. The van der Waals surface area contributed by atoms with E-state index >= 15 is 0 Å². The Hall–Kier alpha value is -0.400. The Morgan fingerprint density at radius 2 is 2.00 bits per heavy atom. The van der Waals surface area contributed by atoms with Crippen LogP contribution < -0.4 is 5.73 Å². The third-order valence-electron chi connectivity index (χ3n) is 4.75. The predicted molar refractivity (Wildman–Crippen MR) is 98.4 cm³/mol. The Morgan fingerprint density at radius 3 is 2.57 bits per heavy atom. The van der Waals surface area contributed by atoms with Crippen LogP contribution in [0, 0.1) is 5.92 Å². The lowest BCUT2D eigenvalue weighted by atomic mass is 9.99. The number of aromatic nitrogens is 1. The minimum absolute atomic E-state index is 0. The lowest BCUT2D eigenvalue weighted by Crippen LogP contribution is -2.49. The van der Waals surface area contributed by atoms with Gasteiger partial charge in [0.25, 0.3) is 0 Å². The van der Waals surface area contributed by atoms with Crippen LogP contribution in [0.25, 0.3) is 0 Å². The van der Waals surface area contributed by atoms with Crippen LogP contribution >= 0.6 is 36.2 Å². The maximum Gasteiger partial charge on any atom is 0.222 e. The Kier molecular flexibility index (Phi) is 8.79. The Bertz CT molecular complexity index is 466. The van der Waals surface area contributed by atoms with Gasteiger partial charge < -0.3 is 10.6 Å². The second-order valence-electron chi connectivity index (χ2n) is 6.20. The van der Waals surface area contributed by atoms with Gasteiger partial charge in [0.15, 0.2) is 0 Å². The van der Waals surface area contributed by atoms with Crippen molar-refractivity contribution >= 4 is 42.1 Å². The van der Waals surface area contributed by atoms with Crippen molar-refractivity contribution in [3.8, 4) is 0 Å². The molecule has 1 aliphatic carbocycles. The minimum Gasteiger partial charge on any atom is -0.340 e. The van der Waals surface area contributed by atoms with Gasteiger partial charge in [-0.05, 0) is 18.8 Å². The Labute approximate surface area is 154 Å². The molecule has 2 aliphatic rings. The zero-order chi connectivity index (χ0) is 14.7. The normalized spacial score (nSPS) is 24.8. The largest absolute Gasteiger partial charge is 0.340 e.